The number of nitrogens with one attached hydrogen (secondary N) is 1. The van der Waals surface area contributed by atoms with E-state index in [9.17, 15) is 9.59 Å². The van der Waals surface area contributed by atoms with Gasteiger partial charge in [-0.15, -0.1) is 0 Å². The molecule has 3 aliphatic rings. The van der Waals surface area contributed by atoms with Gasteiger partial charge in [0.25, 0.3) is 5.91 Å². The van der Waals surface area contributed by atoms with E-state index in [-0.39, 0.29) is 30.4 Å². The summed E-state index contributed by atoms with van der Waals surface area (Å²) in [4.78, 5) is 34.4. The monoisotopic (exact) mass is 441 g/mol. The summed E-state index contributed by atoms with van der Waals surface area (Å²) >= 11 is 0. The van der Waals surface area contributed by atoms with Gasteiger partial charge in [0, 0.05) is 32.4 Å². The Morgan fingerprint density at radius 2 is 1.75 bits per heavy atom. The van der Waals surface area contributed by atoms with Crippen molar-refractivity contribution in [2.24, 2.45) is 0 Å². The van der Waals surface area contributed by atoms with Gasteiger partial charge in [-0.1, -0.05) is 45.1 Å². The molecule has 0 saturated carbocycles. The van der Waals surface area contributed by atoms with Crippen molar-refractivity contribution in [2.75, 3.05) is 31.6 Å². The quantitative estimate of drug-likeness (QED) is 0.624. The summed E-state index contributed by atoms with van der Waals surface area (Å²) in [5.41, 5.74) is 3.71. The summed E-state index contributed by atoms with van der Waals surface area (Å²) in [6.45, 7) is 8.79. The van der Waals surface area contributed by atoms with Crippen LogP contribution in [-0.2, 0) is 4.79 Å². The van der Waals surface area contributed by atoms with Crippen LogP contribution in [0.15, 0.2) is 18.2 Å². The Labute approximate surface area is 192 Å². The predicted molar refractivity (Wildman–Crippen MR) is 127 cm³/mol. The predicted octanol–water partition coefficient (Wildman–Crippen LogP) is 3.65. The lowest BCUT2D eigenvalue weighted by Crippen LogP contribution is -2.66. The summed E-state index contributed by atoms with van der Waals surface area (Å²) in [5.74, 6) is -0.0383. The van der Waals surface area contributed by atoms with Gasteiger partial charge >= 0.3 is 6.03 Å². The molecule has 3 atom stereocenters. The van der Waals surface area contributed by atoms with Gasteiger partial charge in [0.05, 0.1) is 0 Å². The smallest absolute Gasteiger partial charge is 0.327 e. The second-order valence-corrected chi connectivity index (χ2v) is 9.63. The molecule has 0 spiro atoms. The number of anilines is 1. The van der Waals surface area contributed by atoms with E-state index in [0.717, 1.165) is 32.4 Å². The number of rotatable bonds is 8. The molecular formula is C25H39N5O2. The maximum atomic E-state index is 13.5. The number of nitrogens with zero attached hydrogens (tertiary/aromatic N) is 4. The molecule has 0 aromatic heterocycles. The summed E-state index contributed by atoms with van der Waals surface area (Å²) in [5, 5.41) is 3.61. The first-order chi connectivity index (χ1) is 15.4. The Bertz CT molecular complexity index is 844. The minimum absolute atomic E-state index is 0.0383. The van der Waals surface area contributed by atoms with E-state index < -0.39 is 0 Å². The van der Waals surface area contributed by atoms with Crippen LogP contribution in [0.25, 0.3) is 0 Å². The van der Waals surface area contributed by atoms with Crippen LogP contribution in [0, 0.1) is 13.8 Å². The van der Waals surface area contributed by atoms with E-state index in [1.807, 2.05) is 7.05 Å². The first kappa shape index (κ1) is 23.1. The number of hydrogen-bond acceptors (Lipinski definition) is 5. The molecule has 0 radical (unpaired) electrons. The van der Waals surface area contributed by atoms with Crippen LogP contribution in [0.1, 0.15) is 63.0 Å². The van der Waals surface area contributed by atoms with E-state index in [1.54, 1.807) is 4.90 Å². The van der Waals surface area contributed by atoms with Gasteiger partial charge in [0.1, 0.15) is 18.5 Å². The van der Waals surface area contributed by atoms with Crippen molar-refractivity contribution in [2.45, 2.75) is 84.2 Å². The van der Waals surface area contributed by atoms with Crippen LogP contribution >= 0.6 is 0 Å². The highest BCUT2D eigenvalue weighted by atomic mass is 16.2. The molecule has 3 aliphatic heterocycles. The molecule has 1 aromatic rings. The summed E-state index contributed by atoms with van der Waals surface area (Å²) in [7, 11) is 1.83. The molecule has 0 aliphatic carbocycles. The zero-order valence-electron chi connectivity index (χ0n) is 20.1. The number of aryl methyl sites for hydroxylation is 2. The molecule has 4 rings (SSSR count). The second-order valence-electron chi connectivity index (χ2n) is 9.63. The Morgan fingerprint density at radius 1 is 1.00 bits per heavy atom. The highest BCUT2D eigenvalue weighted by Crippen LogP contribution is 2.33. The third-order valence-electron chi connectivity index (χ3n) is 7.43. The molecule has 1 N–H and O–H groups in total. The number of carbonyl (C=O) groups excluding carboxylic acids is 2. The van der Waals surface area contributed by atoms with Crippen LogP contribution in [-0.4, -0.2) is 71.8 Å². The molecule has 7 nitrogen and oxygen atoms in total. The minimum Gasteiger partial charge on any atom is -0.343 e. The van der Waals surface area contributed by atoms with E-state index in [4.69, 9.17) is 0 Å². The molecule has 3 heterocycles. The molecule has 3 amide bonds. The fourth-order valence-electron chi connectivity index (χ4n) is 5.34. The molecule has 0 bridgehead atoms. The largest absolute Gasteiger partial charge is 0.343 e. The van der Waals surface area contributed by atoms with Crippen LogP contribution in [0.3, 0.4) is 0 Å². The van der Waals surface area contributed by atoms with Crippen LogP contribution in [0.5, 0.6) is 0 Å². The second kappa shape index (κ2) is 9.79. The number of amides is 3. The first-order valence-corrected chi connectivity index (χ1v) is 12.4. The van der Waals surface area contributed by atoms with E-state index in [2.05, 4.69) is 54.1 Å². The Kier molecular flexibility index (Phi) is 7.05. The van der Waals surface area contributed by atoms with Crippen LogP contribution in [0.2, 0.25) is 0 Å². The van der Waals surface area contributed by atoms with E-state index in [0.29, 0.717) is 6.54 Å². The fraction of sp³-hybridized carbons (Fsp3) is 0.680. The highest BCUT2D eigenvalue weighted by Gasteiger charge is 2.55. The summed E-state index contributed by atoms with van der Waals surface area (Å²) < 4.78 is 0. The van der Waals surface area contributed by atoms with E-state index in [1.165, 1.54) is 47.4 Å². The zero-order valence-corrected chi connectivity index (χ0v) is 20.1. The van der Waals surface area contributed by atoms with Gasteiger partial charge in [-0.05, 0) is 49.9 Å². The molecule has 3 fully saturated rings. The van der Waals surface area contributed by atoms with Crippen LogP contribution < -0.4 is 10.2 Å². The number of urea groups is 1. The molecule has 7 heteroatoms. The highest BCUT2D eigenvalue weighted by molar-refractivity contribution is 6.00. The fourth-order valence-corrected chi connectivity index (χ4v) is 5.34. The van der Waals surface area contributed by atoms with Gasteiger partial charge in [-0.25, -0.2) is 4.79 Å². The van der Waals surface area contributed by atoms with Gasteiger partial charge in [-0.2, -0.15) is 0 Å². The van der Waals surface area contributed by atoms with Crippen molar-refractivity contribution in [3.63, 3.8) is 0 Å². The normalized spacial score (nSPS) is 26.0. The number of hydrogen-bond donors (Lipinski definition) is 1. The number of fused-ring (bicyclic) bond motifs is 3. The molecule has 176 valence electrons. The lowest BCUT2D eigenvalue weighted by Gasteiger charge is -2.44. The Morgan fingerprint density at radius 3 is 2.50 bits per heavy atom. The average Bonchev–Trinajstić information content (AvgIpc) is 3.18. The van der Waals surface area contributed by atoms with Gasteiger partial charge < -0.3 is 9.80 Å². The molecule has 32 heavy (non-hydrogen) atoms. The standard InChI is InChI=1S/C25H39N5O2/c1-5-6-7-8-9-10-14-30-23(31)21-22(27(4)25(30)32)26-24-28(15-11-16-29(21)24)20-13-12-18(2)19(3)17-20/h12-13,17,21-22,24,26H,5-11,14-16H2,1-4H3. The van der Waals surface area contributed by atoms with Crippen LogP contribution in [0.4, 0.5) is 10.5 Å². The van der Waals surface area contributed by atoms with E-state index >= 15 is 0 Å². The third kappa shape index (κ3) is 4.25. The molecule has 1 aromatic carbocycles. The number of benzene rings is 1. The number of likely N-dealkylation sites (N-methyl/N-ethyl adjacent to an activating group) is 1. The van der Waals surface area contributed by atoms with Gasteiger partial charge in [-0.3, -0.25) is 19.9 Å². The lowest BCUT2D eigenvalue weighted by atomic mass is 10.1. The molecule has 3 saturated heterocycles. The zero-order chi connectivity index (χ0) is 22.8. The number of carbonyl (C=O) groups is 2. The molecular weight excluding hydrogens is 402 g/mol. The van der Waals surface area contributed by atoms with Crippen molar-refractivity contribution < 1.29 is 9.59 Å². The van der Waals surface area contributed by atoms with Gasteiger partial charge in [0.2, 0.25) is 0 Å². The third-order valence-corrected chi connectivity index (χ3v) is 7.43. The maximum absolute atomic E-state index is 13.5. The maximum Gasteiger partial charge on any atom is 0.327 e. The average molecular weight is 442 g/mol. The summed E-state index contributed by atoms with van der Waals surface area (Å²) in [6.07, 6.45) is 7.48. The van der Waals surface area contributed by atoms with Crippen molar-refractivity contribution >= 4 is 17.6 Å². The number of unbranched alkanes of at least 4 members (excludes halogenated alkanes) is 5. The van der Waals surface area contributed by atoms with Crippen molar-refractivity contribution in [1.29, 1.82) is 0 Å². The molecule has 3 unspecified atom stereocenters. The summed E-state index contributed by atoms with van der Waals surface area (Å²) in [6, 6.07) is 6.06. The first-order valence-electron chi connectivity index (χ1n) is 12.4. The minimum atomic E-state index is -0.322. The topological polar surface area (TPSA) is 59.1 Å². The Balaban J connectivity index is 1.48. The van der Waals surface area contributed by atoms with Crippen molar-refractivity contribution in [3.05, 3.63) is 29.3 Å². The van der Waals surface area contributed by atoms with Crippen molar-refractivity contribution in [3.8, 4) is 0 Å². The van der Waals surface area contributed by atoms with Gasteiger partial charge in [0.15, 0.2) is 0 Å². The lowest BCUT2D eigenvalue weighted by molar-refractivity contribution is -0.138. The van der Waals surface area contributed by atoms with Crippen molar-refractivity contribution in [1.82, 2.24) is 20.0 Å². The SMILES string of the molecule is CCCCCCCCN1C(=O)C2C(NC3N(c4ccc(C)c(C)c4)CCCN23)N(C)C1=O. The Hall–Kier alpha value is -2.12. The number of imide groups is 1.